The molecule has 1 aromatic rings. The number of likely N-dealkylation sites (tertiary alicyclic amines) is 1. The van der Waals surface area contributed by atoms with Crippen molar-refractivity contribution in [3.05, 3.63) is 29.6 Å². The average molecular weight is 332 g/mol. The minimum atomic E-state index is -4.28. The number of terminal acetylenes is 1. The van der Waals surface area contributed by atoms with Crippen molar-refractivity contribution in [1.82, 2.24) is 9.62 Å². The van der Waals surface area contributed by atoms with Crippen molar-refractivity contribution < 1.29 is 21.6 Å². The van der Waals surface area contributed by atoms with E-state index in [4.69, 9.17) is 6.42 Å². The average Bonchev–Trinajstić information content (AvgIpc) is 2.45. The second kappa shape index (κ2) is 6.69. The SMILES string of the molecule is C#CCN1CCCC(NS(=O)(=O)c2ccc(F)c(F)c2F)C1. The molecule has 1 fully saturated rings. The van der Waals surface area contributed by atoms with Crippen LogP contribution in [0.1, 0.15) is 12.8 Å². The lowest BCUT2D eigenvalue weighted by Gasteiger charge is -2.31. The smallest absolute Gasteiger partial charge is 0.243 e. The van der Waals surface area contributed by atoms with Gasteiger partial charge in [-0.05, 0) is 31.5 Å². The fraction of sp³-hybridized carbons (Fsp3) is 0.429. The zero-order valence-corrected chi connectivity index (χ0v) is 12.5. The zero-order valence-electron chi connectivity index (χ0n) is 11.7. The molecule has 2 rings (SSSR count). The highest BCUT2D eigenvalue weighted by molar-refractivity contribution is 7.89. The van der Waals surface area contributed by atoms with Gasteiger partial charge in [-0.15, -0.1) is 6.42 Å². The molecule has 1 saturated heterocycles. The summed E-state index contributed by atoms with van der Waals surface area (Å²) in [6.45, 7) is 1.52. The predicted molar refractivity (Wildman–Crippen MR) is 74.9 cm³/mol. The standard InChI is InChI=1S/C14H15F3N2O2S/c1-2-7-19-8-3-4-10(9-19)18-22(20,21)12-6-5-11(15)13(16)14(12)17/h1,5-6,10,18H,3-4,7-9H2. The number of sulfonamides is 1. The summed E-state index contributed by atoms with van der Waals surface area (Å²) in [6, 6.07) is 0.830. The van der Waals surface area contributed by atoms with Crippen LogP contribution < -0.4 is 4.72 Å². The Morgan fingerprint density at radius 3 is 2.73 bits per heavy atom. The number of rotatable bonds is 4. The molecule has 1 aromatic carbocycles. The van der Waals surface area contributed by atoms with Gasteiger partial charge in [0.2, 0.25) is 10.0 Å². The van der Waals surface area contributed by atoms with E-state index >= 15 is 0 Å². The van der Waals surface area contributed by atoms with Crippen LogP contribution in [0.25, 0.3) is 0 Å². The van der Waals surface area contributed by atoms with E-state index in [1.54, 1.807) is 0 Å². The third-order valence-electron chi connectivity index (χ3n) is 3.43. The van der Waals surface area contributed by atoms with Crippen molar-refractivity contribution in [2.24, 2.45) is 0 Å². The Bertz CT molecular complexity index is 701. The van der Waals surface area contributed by atoms with Crippen LogP contribution in [0.2, 0.25) is 0 Å². The quantitative estimate of drug-likeness (QED) is 0.671. The fourth-order valence-electron chi connectivity index (χ4n) is 2.42. The van der Waals surface area contributed by atoms with Crippen LogP contribution in [-0.4, -0.2) is 39.0 Å². The van der Waals surface area contributed by atoms with Crippen LogP contribution in [-0.2, 0) is 10.0 Å². The van der Waals surface area contributed by atoms with Gasteiger partial charge in [-0.2, -0.15) is 0 Å². The number of hydrogen-bond donors (Lipinski definition) is 1. The molecule has 1 N–H and O–H groups in total. The molecule has 1 unspecified atom stereocenters. The molecular formula is C14H15F3N2O2S. The van der Waals surface area contributed by atoms with Gasteiger partial charge in [0.15, 0.2) is 17.5 Å². The minimum absolute atomic E-state index is 0.384. The Hall–Kier alpha value is -1.56. The van der Waals surface area contributed by atoms with Crippen molar-refractivity contribution in [1.29, 1.82) is 0 Å². The molecule has 0 spiro atoms. The largest absolute Gasteiger partial charge is 0.291 e. The predicted octanol–water partition coefficient (Wildman–Crippen LogP) is 1.48. The molecule has 4 nitrogen and oxygen atoms in total. The number of benzene rings is 1. The summed E-state index contributed by atoms with van der Waals surface area (Å²) in [6.07, 6.45) is 6.51. The van der Waals surface area contributed by atoms with Gasteiger partial charge in [0.05, 0.1) is 6.54 Å². The highest BCUT2D eigenvalue weighted by atomic mass is 32.2. The molecule has 1 aliphatic heterocycles. The lowest BCUT2D eigenvalue weighted by Crippen LogP contribution is -2.47. The molecule has 0 radical (unpaired) electrons. The molecule has 1 atom stereocenters. The molecule has 0 aromatic heterocycles. The summed E-state index contributed by atoms with van der Waals surface area (Å²) >= 11 is 0. The topological polar surface area (TPSA) is 49.4 Å². The lowest BCUT2D eigenvalue weighted by molar-refractivity contribution is 0.224. The van der Waals surface area contributed by atoms with E-state index in [1.807, 2.05) is 4.90 Å². The Morgan fingerprint density at radius 1 is 1.32 bits per heavy atom. The number of piperidine rings is 1. The minimum Gasteiger partial charge on any atom is -0.291 e. The van der Waals surface area contributed by atoms with E-state index in [9.17, 15) is 21.6 Å². The monoisotopic (exact) mass is 332 g/mol. The van der Waals surface area contributed by atoms with Gasteiger partial charge in [0.1, 0.15) is 4.90 Å². The Kier molecular flexibility index (Phi) is 5.11. The molecule has 0 aliphatic carbocycles. The summed E-state index contributed by atoms with van der Waals surface area (Å²) in [7, 11) is -4.28. The van der Waals surface area contributed by atoms with E-state index in [0.29, 0.717) is 31.6 Å². The van der Waals surface area contributed by atoms with Gasteiger partial charge in [-0.3, -0.25) is 4.90 Å². The maximum Gasteiger partial charge on any atom is 0.243 e. The third-order valence-corrected chi connectivity index (χ3v) is 4.97. The fourth-order valence-corrected chi connectivity index (χ4v) is 3.75. The van der Waals surface area contributed by atoms with Crippen LogP contribution in [0.5, 0.6) is 0 Å². The van der Waals surface area contributed by atoms with Crippen molar-refractivity contribution in [3.8, 4) is 12.3 Å². The summed E-state index contributed by atoms with van der Waals surface area (Å²) in [4.78, 5) is 0.985. The van der Waals surface area contributed by atoms with Crippen LogP contribution in [0.4, 0.5) is 13.2 Å². The van der Waals surface area contributed by atoms with Crippen molar-refractivity contribution in [2.45, 2.75) is 23.8 Å². The first kappa shape index (κ1) is 16.8. The van der Waals surface area contributed by atoms with Gasteiger partial charge in [-0.25, -0.2) is 26.3 Å². The van der Waals surface area contributed by atoms with Crippen molar-refractivity contribution in [2.75, 3.05) is 19.6 Å². The van der Waals surface area contributed by atoms with E-state index in [-0.39, 0.29) is 0 Å². The molecule has 22 heavy (non-hydrogen) atoms. The van der Waals surface area contributed by atoms with Crippen LogP contribution in [0.15, 0.2) is 17.0 Å². The second-order valence-corrected chi connectivity index (χ2v) is 6.76. The Labute approximate surface area is 127 Å². The van der Waals surface area contributed by atoms with Gasteiger partial charge in [0.25, 0.3) is 0 Å². The summed E-state index contributed by atoms with van der Waals surface area (Å²) in [5.41, 5.74) is 0. The molecular weight excluding hydrogens is 317 g/mol. The summed E-state index contributed by atoms with van der Waals surface area (Å²) in [5.74, 6) is -2.49. The number of nitrogens with zero attached hydrogens (tertiary/aromatic N) is 1. The van der Waals surface area contributed by atoms with Gasteiger partial charge in [0, 0.05) is 12.6 Å². The third kappa shape index (κ3) is 3.61. The van der Waals surface area contributed by atoms with Gasteiger partial charge >= 0.3 is 0 Å². The number of nitrogens with one attached hydrogen (secondary N) is 1. The van der Waals surface area contributed by atoms with Crippen LogP contribution in [0, 0.1) is 29.8 Å². The molecule has 120 valence electrons. The van der Waals surface area contributed by atoms with E-state index in [0.717, 1.165) is 13.0 Å². The molecule has 1 aliphatic rings. The number of hydrogen-bond acceptors (Lipinski definition) is 3. The first-order valence-electron chi connectivity index (χ1n) is 6.67. The summed E-state index contributed by atoms with van der Waals surface area (Å²) in [5, 5.41) is 0. The van der Waals surface area contributed by atoms with Crippen LogP contribution in [0.3, 0.4) is 0 Å². The van der Waals surface area contributed by atoms with Gasteiger partial charge < -0.3 is 0 Å². The molecule has 0 bridgehead atoms. The van der Waals surface area contributed by atoms with Gasteiger partial charge in [-0.1, -0.05) is 5.92 Å². The van der Waals surface area contributed by atoms with E-state index in [1.165, 1.54) is 0 Å². The molecule has 0 amide bonds. The summed E-state index contributed by atoms with van der Waals surface area (Å²) < 4.78 is 66.3. The highest BCUT2D eigenvalue weighted by Crippen LogP contribution is 2.21. The Morgan fingerprint density at radius 2 is 2.05 bits per heavy atom. The lowest BCUT2D eigenvalue weighted by atomic mass is 10.1. The number of halogens is 3. The van der Waals surface area contributed by atoms with E-state index < -0.39 is 38.4 Å². The van der Waals surface area contributed by atoms with E-state index in [2.05, 4.69) is 10.6 Å². The molecule has 8 heteroatoms. The first-order valence-corrected chi connectivity index (χ1v) is 8.15. The second-order valence-electron chi connectivity index (χ2n) is 5.07. The zero-order chi connectivity index (χ0) is 16.3. The highest BCUT2D eigenvalue weighted by Gasteiger charge is 2.28. The molecule has 0 saturated carbocycles. The van der Waals surface area contributed by atoms with Crippen molar-refractivity contribution >= 4 is 10.0 Å². The van der Waals surface area contributed by atoms with Crippen LogP contribution >= 0.6 is 0 Å². The normalized spacial score (nSPS) is 19.8. The first-order chi connectivity index (χ1) is 10.3. The van der Waals surface area contributed by atoms with Crippen molar-refractivity contribution in [3.63, 3.8) is 0 Å². The Balaban J connectivity index is 2.18. The molecule has 1 heterocycles. The maximum atomic E-state index is 13.6. The maximum absolute atomic E-state index is 13.6.